The molecule has 0 aliphatic carbocycles. The maximum atomic E-state index is 14.0. The lowest BCUT2D eigenvalue weighted by Gasteiger charge is -2.38. The second-order valence-corrected chi connectivity index (χ2v) is 11.7. The zero-order chi connectivity index (χ0) is 27.0. The molecule has 35 heavy (non-hydrogen) atoms. The summed E-state index contributed by atoms with van der Waals surface area (Å²) in [6.07, 6.45) is 7.39. The Kier molecular flexibility index (Phi) is 11.2. The first-order valence-corrected chi connectivity index (χ1v) is 13.2. The molecule has 0 saturated carbocycles. The highest BCUT2D eigenvalue weighted by Crippen LogP contribution is 2.28. The van der Waals surface area contributed by atoms with E-state index < -0.39 is 29.3 Å². The van der Waals surface area contributed by atoms with Crippen LogP contribution in [0.1, 0.15) is 79.0 Å². The van der Waals surface area contributed by atoms with Gasteiger partial charge < -0.3 is 20.3 Å². The Bertz CT molecular complexity index is 926. The molecule has 0 radical (unpaired) electrons. The van der Waals surface area contributed by atoms with Crippen molar-refractivity contribution in [3.8, 4) is 12.3 Å². The molecule has 1 rings (SSSR count). The summed E-state index contributed by atoms with van der Waals surface area (Å²) in [5.74, 6) is 2.56. The summed E-state index contributed by atoms with van der Waals surface area (Å²) in [4.78, 5) is 41.7. The van der Waals surface area contributed by atoms with Gasteiger partial charge in [0, 0.05) is 17.1 Å². The molecule has 0 heterocycles. The largest absolute Gasteiger partial charge is 0.444 e. The van der Waals surface area contributed by atoms with Crippen molar-refractivity contribution in [2.24, 2.45) is 0 Å². The highest BCUT2D eigenvalue weighted by atomic mass is 32.2. The molecule has 0 aromatic heterocycles. The topological polar surface area (TPSA) is 87.7 Å². The lowest BCUT2D eigenvalue weighted by molar-refractivity contribution is -0.145. The normalized spacial score (nSPS) is 13.4. The number of hydrogen-bond acceptors (Lipinski definition) is 5. The second kappa shape index (κ2) is 12.9. The highest BCUT2D eigenvalue weighted by Gasteiger charge is 2.39. The van der Waals surface area contributed by atoms with E-state index in [-0.39, 0.29) is 17.9 Å². The standard InChI is InChI=1S/C27H41N3O4S/c1-11-19-14-12-13-15-20(19)22(23(31)29-26(4,5)6)30(18(2)3)24(32)21(16-17-35-10)28-25(33)34-27(7,8)9/h1,12-15,18,21-22H,16-17H2,2-10H3,(H,28,33)(H,29,31). The monoisotopic (exact) mass is 503 g/mol. The zero-order valence-electron chi connectivity index (χ0n) is 22.5. The van der Waals surface area contributed by atoms with Gasteiger partial charge in [-0.3, -0.25) is 9.59 Å². The molecule has 3 amide bonds. The number of terminal acetylenes is 1. The minimum Gasteiger partial charge on any atom is -0.444 e. The molecule has 0 aliphatic rings. The van der Waals surface area contributed by atoms with Crippen molar-refractivity contribution in [2.45, 2.75) is 91.1 Å². The molecule has 0 saturated heterocycles. The van der Waals surface area contributed by atoms with Crippen molar-refractivity contribution in [2.75, 3.05) is 12.0 Å². The van der Waals surface area contributed by atoms with Gasteiger partial charge in [0.25, 0.3) is 0 Å². The van der Waals surface area contributed by atoms with Crippen LogP contribution < -0.4 is 10.6 Å². The van der Waals surface area contributed by atoms with Crippen molar-refractivity contribution in [3.63, 3.8) is 0 Å². The van der Waals surface area contributed by atoms with Gasteiger partial charge >= 0.3 is 6.09 Å². The van der Waals surface area contributed by atoms with Crippen molar-refractivity contribution in [1.29, 1.82) is 0 Å². The van der Waals surface area contributed by atoms with Gasteiger partial charge in [-0.25, -0.2) is 4.79 Å². The van der Waals surface area contributed by atoms with Crippen molar-refractivity contribution in [1.82, 2.24) is 15.5 Å². The van der Waals surface area contributed by atoms with E-state index in [0.717, 1.165) is 0 Å². The van der Waals surface area contributed by atoms with Gasteiger partial charge in [-0.2, -0.15) is 11.8 Å². The Morgan fingerprint density at radius 2 is 1.71 bits per heavy atom. The number of nitrogens with one attached hydrogen (secondary N) is 2. The number of carbonyl (C=O) groups is 3. The van der Waals surface area contributed by atoms with Crippen molar-refractivity contribution >= 4 is 29.7 Å². The fourth-order valence-electron chi connectivity index (χ4n) is 3.52. The quantitative estimate of drug-likeness (QED) is 0.484. The summed E-state index contributed by atoms with van der Waals surface area (Å²) in [6.45, 7) is 14.6. The van der Waals surface area contributed by atoms with Crippen LogP contribution in [0.15, 0.2) is 24.3 Å². The molecule has 2 N–H and O–H groups in total. The predicted molar refractivity (Wildman–Crippen MR) is 143 cm³/mol. The number of carbonyl (C=O) groups excluding carboxylic acids is 3. The lowest BCUT2D eigenvalue weighted by atomic mass is 9.95. The lowest BCUT2D eigenvalue weighted by Crippen LogP contribution is -2.56. The van der Waals surface area contributed by atoms with Crippen LogP contribution >= 0.6 is 11.8 Å². The van der Waals surface area contributed by atoms with Crippen LogP contribution in [-0.4, -0.2) is 58.0 Å². The Balaban J connectivity index is 3.55. The summed E-state index contributed by atoms with van der Waals surface area (Å²) < 4.78 is 5.40. The zero-order valence-corrected chi connectivity index (χ0v) is 23.3. The van der Waals surface area contributed by atoms with E-state index in [1.807, 2.05) is 40.9 Å². The van der Waals surface area contributed by atoms with E-state index >= 15 is 0 Å². The molecular formula is C27H41N3O4S. The van der Waals surface area contributed by atoms with Gasteiger partial charge in [-0.1, -0.05) is 24.1 Å². The van der Waals surface area contributed by atoms with Gasteiger partial charge in [0.15, 0.2) is 0 Å². The first-order chi connectivity index (χ1) is 16.1. The van der Waals surface area contributed by atoms with Gasteiger partial charge in [-0.15, -0.1) is 6.42 Å². The van der Waals surface area contributed by atoms with Crippen molar-refractivity contribution in [3.05, 3.63) is 35.4 Å². The molecule has 1 aromatic carbocycles. The number of ether oxygens (including phenoxy) is 1. The molecule has 2 unspecified atom stereocenters. The molecule has 7 nitrogen and oxygen atoms in total. The van der Waals surface area contributed by atoms with E-state index in [1.165, 1.54) is 4.90 Å². The molecule has 0 bridgehead atoms. The Hall–Kier alpha value is -2.66. The summed E-state index contributed by atoms with van der Waals surface area (Å²) in [5.41, 5.74) is -0.157. The summed E-state index contributed by atoms with van der Waals surface area (Å²) in [5, 5.41) is 5.72. The van der Waals surface area contributed by atoms with Gasteiger partial charge in [0.05, 0.1) is 0 Å². The maximum Gasteiger partial charge on any atom is 0.408 e. The average Bonchev–Trinajstić information content (AvgIpc) is 2.71. The smallest absolute Gasteiger partial charge is 0.408 e. The molecule has 2 atom stereocenters. The number of rotatable bonds is 9. The maximum absolute atomic E-state index is 14.0. The third-order valence-corrected chi connectivity index (χ3v) is 5.49. The molecule has 0 fully saturated rings. The molecular weight excluding hydrogens is 462 g/mol. The van der Waals surface area contributed by atoms with Gasteiger partial charge in [-0.05, 0) is 85.4 Å². The summed E-state index contributed by atoms with van der Waals surface area (Å²) >= 11 is 1.56. The molecule has 1 aromatic rings. The average molecular weight is 504 g/mol. The van der Waals surface area contributed by atoms with Gasteiger partial charge in [0.2, 0.25) is 11.8 Å². The number of hydrogen-bond donors (Lipinski definition) is 2. The number of alkyl carbamates (subject to hydrolysis) is 1. The summed E-state index contributed by atoms with van der Waals surface area (Å²) in [7, 11) is 0. The molecule has 8 heteroatoms. The SMILES string of the molecule is C#Cc1ccccc1C(C(=O)NC(C)(C)C)N(C(=O)C(CCSC)NC(=O)OC(C)(C)C)C(C)C. The Morgan fingerprint density at radius 1 is 1.11 bits per heavy atom. The predicted octanol–water partition coefficient (Wildman–Crippen LogP) is 4.51. The van der Waals surface area contributed by atoms with E-state index in [9.17, 15) is 14.4 Å². The summed E-state index contributed by atoms with van der Waals surface area (Å²) in [6, 6.07) is 4.89. The highest BCUT2D eigenvalue weighted by molar-refractivity contribution is 7.98. The number of thioether (sulfide) groups is 1. The molecule has 0 aliphatic heterocycles. The number of nitrogens with zero attached hydrogens (tertiary/aromatic N) is 1. The fraction of sp³-hybridized carbons (Fsp3) is 0.593. The third kappa shape index (κ3) is 9.85. The second-order valence-electron chi connectivity index (χ2n) is 10.7. The van der Waals surface area contributed by atoms with E-state index in [1.54, 1.807) is 56.8 Å². The Labute approximate surface area is 215 Å². The van der Waals surface area contributed by atoms with Crippen LogP contribution in [-0.2, 0) is 14.3 Å². The van der Waals surface area contributed by atoms with Crippen LogP contribution in [0, 0.1) is 12.3 Å². The fourth-order valence-corrected chi connectivity index (χ4v) is 4.00. The van der Waals surface area contributed by atoms with Crippen molar-refractivity contribution < 1.29 is 19.1 Å². The molecule has 0 spiro atoms. The van der Waals surface area contributed by atoms with Crippen LogP contribution in [0.5, 0.6) is 0 Å². The minimum atomic E-state index is -0.980. The van der Waals surface area contributed by atoms with Crippen LogP contribution in [0.25, 0.3) is 0 Å². The number of benzene rings is 1. The molecule has 194 valence electrons. The van der Waals surface area contributed by atoms with E-state index in [0.29, 0.717) is 23.3 Å². The van der Waals surface area contributed by atoms with Crippen LogP contribution in [0.3, 0.4) is 0 Å². The third-order valence-electron chi connectivity index (χ3n) is 4.85. The number of amides is 3. The van der Waals surface area contributed by atoms with E-state index in [4.69, 9.17) is 11.2 Å². The minimum absolute atomic E-state index is 0.344. The van der Waals surface area contributed by atoms with E-state index in [2.05, 4.69) is 16.6 Å². The first kappa shape index (κ1) is 30.4. The van der Waals surface area contributed by atoms with Crippen LogP contribution in [0.4, 0.5) is 4.79 Å². The Morgan fingerprint density at radius 3 is 2.20 bits per heavy atom. The van der Waals surface area contributed by atoms with Crippen LogP contribution in [0.2, 0.25) is 0 Å². The first-order valence-electron chi connectivity index (χ1n) is 11.8. The van der Waals surface area contributed by atoms with Gasteiger partial charge in [0.1, 0.15) is 17.7 Å².